The Balaban J connectivity index is 1.95. The Labute approximate surface area is 166 Å². The summed E-state index contributed by atoms with van der Waals surface area (Å²) in [5.41, 5.74) is 1.40. The zero-order valence-corrected chi connectivity index (χ0v) is 17.5. The molecule has 2 aromatic rings. The molecule has 0 radical (unpaired) electrons. The number of aryl methyl sites for hydroxylation is 2. The van der Waals surface area contributed by atoms with Gasteiger partial charge in [-0.25, -0.2) is 17.5 Å². The Morgan fingerprint density at radius 2 is 2.07 bits per heavy atom. The third-order valence-electron chi connectivity index (χ3n) is 4.18. The van der Waals surface area contributed by atoms with E-state index in [0.717, 1.165) is 5.56 Å². The van der Waals surface area contributed by atoms with Crippen LogP contribution in [-0.4, -0.2) is 38.6 Å². The molecule has 1 unspecified atom stereocenters. The molecule has 9 heteroatoms. The lowest BCUT2D eigenvalue weighted by atomic mass is 10.1. The van der Waals surface area contributed by atoms with Crippen LogP contribution in [0.15, 0.2) is 46.5 Å². The van der Waals surface area contributed by atoms with E-state index in [1.807, 2.05) is 19.9 Å². The van der Waals surface area contributed by atoms with Crippen LogP contribution < -0.4 is 15.4 Å². The highest BCUT2D eigenvalue weighted by Crippen LogP contribution is 2.16. The van der Waals surface area contributed by atoms with Gasteiger partial charge in [0.15, 0.2) is 5.96 Å². The minimum atomic E-state index is -3.55. The van der Waals surface area contributed by atoms with Crippen LogP contribution in [0.4, 0.5) is 4.39 Å². The van der Waals surface area contributed by atoms with Gasteiger partial charge in [-0.2, -0.15) is 0 Å². The summed E-state index contributed by atoms with van der Waals surface area (Å²) in [6.07, 6.45) is 3.22. The van der Waals surface area contributed by atoms with Gasteiger partial charge < -0.3 is 15.2 Å². The van der Waals surface area contributed by atoms with E-state index in [4.69, 9.17) is 0 Å². The number of aromatic nitrogens is 1. The third-order valence-corrected chi connectivity index (χ3v) is 5.63. The molecule has 1 aromatic heterocycles. The van der Waals surface area contributed by atoms with Gasteiger partial charge in [0.1, 0.15) is 5.82 Å². The summed E-state index contributed by atoms with van der Waals surface area (Å²) in [5, 5.41) is 6.31. The van der Waals surface area contributed by atoms with Crippen LogP contribution in [0.25, 0.3) is 0 Å². The highest BCUT2D eigenvalue weighted by Gasteiger charge is 2.14. The molecule has 1 aromatic carbocycles. The minimum Gasteiger partial charge on any atom is -0.357 e. The Morgan fingerprint density at radius 1 is 1.32 bits per heavy atom. The molecular formula is C19H28FN5O2S. The average molecular weight is 410 g/mol. The molecule has 3 N–H and O–H groups in total. The van der Waals surface area contributed by atoms with Gasteiger partial charge in [0.25, 0.3) is 0 Å². The number of aliphatic imine (C=N–C) groups is 1. The van der Waals surface area contributed by atoms with Crippen molar-refractivity contribution >= 4 is 16.0 Å². The molecule has 0 saturated carbocycles. The van der Waals surface area contributed by atoms with E-state index >= 15 is 0 Å². The Kier molecular flexibility index (Phi) is 7.59. The van der Waals surface area contributed by atoms with Gasteiger partial charge in [0, 0.05) is 32.5 Å². The van der Waals surface area contributed by atoms with E-state index in [1.165, 1.54) is 6.07 Å². The summed E-state index contributed by atoms with van der Waals surface area (Å²) in [5.74, 6) is 0.290. The van der Waals surface area contributed by atoms with Crippen LogP contribution in [-0.2, 0) is 17.1 Å². The zero-order valence-electron chi connectivity index (χ0n) is 16.7. The number of hydrogen-bond acceptors (Lipinski definition) is 3. The molecule has 0 aliphatic heterocycles. The number of nitrogens with one attached hydrogen (secondary N) is 3. The van der Waals surface area contributed by atoms with Crippen LogP contribution in [0.2, 0.25) is 0 Å². The maximum atomic E-state index is 13.8. The lowest BCUT2D eigenvalue weighted by Crippen LogP contribution is -2.39. The number of benzene rings is 1. The van der Waals surface area contributed by atoms with Crippen LogP contribution in [0, 0.1) is 12.7 Å². The van der Waals surface area contributed by atoms with Crippen molar-refractivity contribution < 1.29 is 12.8 Å². The Hall–Kier alpha value is -2.39. The zero-order chi connectivity index (χ0) is 20.7. The molecule has 2 rings (SSSR count). The average Bonchev–Trinajstić information content (AvgIpc) is 3.08. The van der Waals surface area contributed by atoms with E-state index in [1.54, 1.807) is 43.1 Å². The van der Waals surface area contributed by atoms with Crippen LogP contribution in [0.5, 0.6) is 0 Å². The summed E-state index contributed by atoms with van der Waals surface area (Å²) in [4.78, 5) is 4.61. The quantitative estimate of drug-likeness (QED) is 0.354. The maximum absolute atomic E-state index is 13.8. The van der Waals surface area contributed by atoms with Crippen molar-refractivity contribution in [2.24, 2.45) is 12.0 Å². The predicted molar refractivity (Wildman–Crippen MR) is 109 cm³/mol. The number of rotatable bonds is 8. The summed E-state index contributed by atoms with van der Waals surface area (Å²) in [6, 6.07) is 6.50. The molecule has 0 aliphatic carbocycles. The van der Waals surface area contributed by atoms with Gasteiger partial charge in [0.2, 0.25) is 10.0 Å². The lowest BCUT2D eigenvalue weighted by Gasteiger charge is -2.18. The first kappa shape index (κ1) is 21.9. The Morgan fingerprint density at radius 3 is 2.68 bits per heavy atom. The van der Waals surface area contributed by atoms with Crippen molar-refractivity contribution in [3.63, 3.8) is 0 Å². The van der Waals surface area contributed by atoms with Crippen molar-refractivity contribution in [2.45, 2.75) is 31.7 Å². The smallest absolute Gasteiger partial charge is 0.242 e. The van der Waals surface area contributed by atoms with Crippen molar-refractivity contribution in [3.05, 3.63) is 53.6 Å². The normalized spacial score (nSPS) is 13.4. The molecule has 154 valence electrons. The number of sulfonamides is 1. The summed E-state index contributed by atoms with van der Waals surface area (Å²) < 4.78 is 42.4. The monoisotopic (exact) mass is 409 g/mol. The lowest BCUT2D eigenvalue weighted by molar-refractivity contribution is 0.581. The second-order valence-corrected chi connectivity index (χ2v) is 8.31. The van der Waals surface area contributed by atoms with Crippen LogP contribution in [0.3, 0.4) is 0 Å². The number of nitrogens with zero attached hydrogens (tertiary/aromatic N) is 2. The second kappa shape index (κ2) is 9.70. The van der Waals surface area contributed by atoms with Gasteiger partial charge >= 0.3 is 0 Å². The molecule has 1 atom stereocenters. The van der Waals surface area contributed by atoms with Gasteiger partial charge in [-0.3, -0.25) is 4.99 Å². The number of hydrogen-bond donors (Lipinski definition) is 3. The van der Waals surface area contributed by atoms with Crippen molar-refractivity contribution in [1.29, 1.82) is 0 Å². The van der Waals surface area contributed by atoms with Crippen molar-refractivity contribution in [3.8, 4) is 0 Å². The van der Waals surface area contributed by atoms with E-state index in [9.17, 15) is 12.8 Å². The summed E-state index contributed by atoms with van der Waals surface area (Å²) >= 11 is 0. The summed E-state index contributed by atoms with van der Waals surface area (Å²) in [6.45, 7) is 6.65. The summed E-state index contributed by atoms with van der Waals surface area (Å²) in [7, 11) is -1.78. The SMILES string of the molecule is CCNC(=NCCNS(=O)(=O)c1ccn(C)c1)NC(C)c1ccc(C)c(F)c1. The first-order valence-corrected chi connectivity index (χ1v) is 10.6. The molecule has 0 fully saturated rings. The molecule has 7 nitrogen and oxygen atoms in total. The number of halogens is 1. The van der Waals surface area contributed by atoms with E-state index in [2.05, 4.69) is 20.3 Å². The highest BCUT2D eigenvalue weighted by molar-refractivity contribution is 7.89. The molecule has 0 aliphatic rings. The van der Waals surface area contributed by atoms with E-state index in [0.29, 0.717) is 18.1 Å². The predicted octanol–water partition coefficient (Wildman–Crippen LogP) is 2.07. The maximum Gasteiger partial charge on any atom is 0.242 e. The van der Waals surface area contributed by atoms with Crippen molar-refractivity contribution in [2.75, 3.05) is 19.6 Å². The van der Waals surface area contributed by atoms with Gasteiger partial charge in [-0.05, 0) is 44.0 Å². The Bertz CT molecular complexity index is 924. The van der Waals surface area contributed by atoms with Crippen LogP contribution in [0.1, 0.15) is 31.0 Å². The number of guanidine groups is 1. The molecule has 28 heavy (non-hydrogen) atoms. The molecule has 0 spiro atoms. The van der Waals surface area contributed by atoms with Crippen molar-refractivity contribution in [1.82, 2.24) is 19.9 Å². The fourth-order valence-corrected chi connectivity index (χ4v) is 3.63. The van der Waals surface area contributed by atoms with Crippen LogP contribution >= 0.6 is 0 Å². The molecule has 0 saturated heterocycles. The van der Waals surface area contributed by atoms with Gasteiger partial charge in [-0.15, -0.1) is 0 Å². The van der Waals surface area contributed by atoms with E-state index in [-0.39, 0.29) is 29.8 Å². The van der Waals surface area contributed by atoms with Gasteiger partial charge in [-0.1, -0.05) is 12.1 Å². The van der Waals surface area contributed by atoms with Gasteiger partial charge in [0.05, 0.1) is 17.5 Å². The first-order chi connectivity index (χ1) is 13.2. The standard InChI is InChI=1S/C19H28FN5O2S/c1-5-21-19(24-15(3)16-7-6-14(2)18(20)12-16)22-9-10-23-28(26,27)17-8-11-25(4)13-17/h6-8,11-13,15,23H,5,9-10H2,1-4H3,(H2,21,22,24). The largest absolute Gasteiger partial charge is 0.357 e. The molecule has 0 amide bonds. The first-order valence-electron chi connectivity index (χ1n) is 9.15. The topological polar surface area (TPSA) is 87.5 Å². The minimum absolute atomic E-state index is 0.158. The highest BCUT2D eigenvalue weighted by atomic mass is 32.2. The molecule has 0 bridgehead atoms. The fraction of sp³-hybridized carbons (Fsp3) is 0.421. The third kappa shape index (κ3) is 6.07. The fourth-order valence-electron chi connectivity index (χ4n) is 2.55. The molecular weight excluding hydrogens is 381 g/mol. The molecule has 1 heterocycles. The second-order valence-electron chi connectivity index (χ2n) is 6.55. The van der Waals surface area contributed by atoms with E-state index < -0.39 is 10.0 Å².